The summed E-state index contributed by atoms with van der Waals surface area (Å²) < 4.78 is 1.83. The van der Waals surface area contributed by atoms with Crippen LogP contribution >= 0.6 is 0 Å². The standard InChI is InChI=1S/C23H21N5O2/c1-15-8-10-17(11-9-15)25-22(29)20-19-7-2-3-12-28(19)21(27-20)23(30)26-18-6-4-5-16(13-18)14-24/h4-6,8-11,13H,2-3,7,12H2,1H3,(H,25,29)(H,26,30). The van der Waals surface area contributed by atoms with Gasteiger partial charge in [-0.2, -0.15) is 5.26 Å². The number of carbonyl (C=O) groups is 2. The van der Waals surface area contributed by atoms with E-state index in [1.807, 2.05) is 35.8 Å². The number of carbonyl (C=O) groups excluding carboxylic acids is 2. The van der Waals surface area contributed by atoms with E-state index in [9.17, 15) is 9.59 Å². The van der Waals surface area contributed by atoms with Crippen molar-refractivity contribution in [3.05, 3.63) is 76.9 Å². The minimum absolute atomic E-state index is 0.209. The van der Waals surface area contributed by atoms with Gasteiger partial charge in [0.15, 0.2) is 11.5 Å². The molecular formula is C23H21N5O2. The number of nitrogens with one attached hydrogen (secondary N) is 2. The second-order valence-electron chi connectivity index (χ2n) is 7.31. The van der Waals surface area contributed by atoms with Crippen molar-refractivity contribution >= 4 is 23.2 Å². The maximum absolute atomic E-state index is 12.9. The van der Waals surface area contributed by atoms with E-state index in [0.717, 1.165) is 24.1 Å². The van der Waals surface area contributed by atoms with Gasteiger partial charge in [0.1, 0.15) is 0 Å². The third-order valence-corrected chi connectivity index (χ3v) is 5.09. The van der Waals surface area contributed by atoms with Crippen molar-refractivity contribution in [2.75, 3.05) is 10.6 Å². The molecule has 1 aliphatic heterocycles. The number of hydrogen-bond donors (Lipinski definition) is 2. The molecule has 1 aliphatic rings. The highest BCUT2D eigenvalue weighted by Crippen LogP contribution is 2.23. The Morgan fingerprint density at radius 1 is 1.03 bits per heavy atom. The number of rotatable bonds is 4. The van der Waals surface area contributed by atoms with Gasteiger partial charge in [-0.1, -0.05) is 23.8 Å². The van der Waals surface area contributed by atoms with Gasteiger partial charge in [-0.15, -0.1) is 0 Å². The number of benzene rings is 2. The summed E-state index contributed by atoms with van der Waals surface area (Å²) in [5.74, 6) is -0.515. The van der Waals surface area contributed by atoms with E-state index in [1.54, 1.807) is 24.3 Å². The summed E-state index contributed by atoms with van der Waals surface area (Å²) >= 11 is 0. The summed E-state index contributed by atoms with van der Waals surface area (Å²) in [5, 5.41) is 14.7. The molecule has 2 aromatic carbocycles. The molecular weight excluding hydrogens is 378 g/mol. The highest BCUT2D eigenvalue weighted by molar-refractivity contribution is 6.07. The van der Waals surface area contributed by atoms with Gasteiger partial charge in [-0.25, -0.2) is 4.98 Å². The number of fused-ring (bicyclic) bond motifs is 1. The van der Waals surface area contributed by atoms with Crippen LogP contribution in [0.4, 0.5) is 11.4 Å². The lowest BCUT2D eigenvalue weighted by Crippen LogP contribution is -2.21. The molecule has 2 N–H and O–H groups in total. The topological polar surface area (TPSA) is 99.8 Å². The lowest BCUT2D eigenvalue weighted by molar-refractivity contribution is 0.101. The van der Waals surface area contributed by atoms with Crippen LogP contribution in [0.3, 0.4) is 0 Å². The summed E-state index contributed by atoms with van der Waals surface area (Å²) in [6.45, 7) is 2.62. The fraction of sp³-hybridized carbons (Fsp3) is 0.217. The van der Waals surface area contributed by atoms with E-state index in [0.29, 0.717) is 29.9 Å². The first-order valence-electron chi connectivity index (χ1n) is 9.84. The molecule has 3 aromatic rings. The predicted molar refractivity (Wildman–Crippen MR) is 113 cm³/mol. The van der Waals surface area contributed by atoms with Gasteiger partial charge in [-0.05, 0) is 56.5 Å². The predicted octanol–water partition coefficient (Wildman–Crippen LogP) is 3.90. The molecule has 2 heterocycles. The Bertz CT molecular complexity index is 1160. The van der Waals surface area contributed by atoms with Crippen molar-refractivity contribution in [2.24, 2.45) is 0 Å². The molecule has 0 saturated carbocycles. The minimum atomic E-state index is -0.400. The van der Waals surface area contributed by atoms with Crippen molar-refractivity contribution in [3.63, 3.8) is 0 Å². The van der Waals surface area contributed by atoms with E-state index < -0.39 is 5.91 Å². The van der Waals surface area contributed by atoms with Crippen molar-refractivity contribution < 1.29 is 9.59 Å². The zero-order valence-electron chi connectivity index (χ0n) is 16.6. The number of imidazole rings is 1. The SMILES string of the molecule is Cc1ccc(NC(=O)c2nc(C(=O)Nc3cccc(C#N)c3)n3c2CCCC3)cc1. The summed E-state index contributed by atoms with van der Waals surface area (Å²) in [5.41, 5.74) is 3.82. The van der Waals surface area contributed by atoms with E-state index in [1.165, 1.54) is 0 Å². The Balaban J connectivity index is 1.62. The number of hydrogen-bond acceptors (Lipinski definition) is 4. The van der Waals surface area contributed by atoms with Crippen LogP contribution < -0.4 is 10.6 Å². The van der Waals surface area contributed by atoms with Crippen molar-refractivity contribution in [1.82, 2.24) is 9.55 Å². The minimum Gasteiger partial charge on any atom is -0.323 e. The van der Waals surface area contributed by atoms with Crippen LogP contribution in [-0.2, 0) is 13.0 Å². The average molecular weight is 399 g/mol. The smallest absolute Gasteiger partial charge is 0.291 e. The Morgan fingerprint density at radius 3 is 2.57 bits per heavy atom. The Hall–Kier alpha value is -3.92. The third kappa shape index (κ3) is 3.94. The molecule has 30 heavy (non-hydrogen) atoms. The van der Waals surface area contributed by atoms with E-state index in [4.69, 9.17) is 5.26 Å². The van der Waals surface area contributed by atoms with Crippen LogP contribution in [-0.4, -0.2) is 21.4 Å². The molecule has 150 valence electrons. The Labute approximate surface area is 174 Å². The first-order valence-corrected chi connectivity index (χ1v) is 9.84. The molecule has 4 rings (SSSR count). The molecule has 2 amide bonds. The molecule has 0 atom stereocenters. The summed E-state index contributed by atoms with van der Waals surface area (Å²) in [6.07, 6.45) is 2.56. The van der Waals surface area contributed by atoms with Gasteiger partial charge in [-0.3, -0.25) is 9.59 Å². The first-order chi connectivity index (χ1) is 14.5. The highest BCUT2D eigenvalue weighted by Gasteiger charge is 2.27. The average Bonchev–Trinajstić information content (AvgIpc) is 3.15. The van der Waals surface area contributed by atoms with Crippen LogP contribution in [0, 0.1) is 18.3 Å². The Morgan fingerprint density at radius 2 is 1.80 bits per heavy atom. The maximum Gasteiger partial charge on any atom is 0.291 e. The van der Waals surface area contributed by atoms with E-state index in [2.05, 4.69) is 21.7 Å². The molecule has 0 saturated heterocycles. The van der Waals surface area contributed by atoms with Crippen LogP contribution in [0.25, 0.3) is 0 Å². The highest BCUT2D eigenvalue weighted by atomic mass is 16.2. The Kier molecular flexibility index (Phi) is 5.31. The van der Waals surface area contributed by atoms with Crippen molar-refractivity contribution in [2.45, 2.75) is 32.7 Å². The van der Waals surface area contributed by atoms with Gasteiger partial charge in [0.05, 0.1) is 17.3 Å². The zero-order chi connectivity index (χ0) is 21.1. The van der Waals surface area contributed by atoms with Crippen molar-refractivity contribution in [1.29, 1.82) is 5.26 Å². The number of anilines is 2. The number of nitrogens with zero attached hydrogens (tertiary/aromatic N) is 3. The van der Waals surface area contributed by atoms with Crippen molar-refractivity contribution in [3.8, 4) is 6.07 Å². The molecule has 0 aliphatic carbocycles. The summed E-state index contributed by atoms with van der Waals surface area (Å²) in [4.78, 5) is 30.2. The molecule has 0 bridgehead atoms. The molecule has 0 unspecified atom stereocenters. The number of nitriles is 1. The molecule has 0 spiro atoms. The molecule has 7 heteroatoms. The van der Waals surface area contributed by atoms with Gasteiger partial charge in [0, 0.05) is 17.9 Å². The van der Waals surface area contributed by atoms with Gasteiger partial charge < -0.3 is 15.2 Å². The van der Waals surface area contributed by atoms with Gasteiger partial charge >= 0.3 is 0 Å². The lowest BCUT2D eigenvalue weighted by atomic mass is 10.1. The quantitative estimate of drug-likeness (QED) is 0.695. The first kappa shape index (κ1) is 19.4. The molecule has 0 fully saturated rings. The normalized spacial score (nSPS) is 12.5. The van der Waals surface area contributed by atoms with Crippen LogP contribution in [0.15, 0.2) is 48.5 Å². The molecule has 1 aromatic heterocycles. The zero-order valence-corrected chi connectivity index (χ0v) is 16.6. The van der Waals surface area contributed by atoms with Gasteiger partial charge in [0.25, 0.3) is 11.8 Å². The van der Waals surface area contributed by atoms with E-state index >= 15 is 0 Å². The molecule has 7 nitrogen and oxygen atoms in total. The number of amides is 2. The fourth-order valence-electron chi connectivity index (χ4n) is 3.58. The number of aryl methyl sites for hydroxylation is 1. The lowest BCUT2D eigenvalue weighted by Gasteiger charge is -2.17. The number of aromatic nitrogens is 2. The monoisotopic (exact) mass is 399 g/mol. The van der Waals surface area contributed by atoms with E-state index in [-0.39, 0.29) is 17.4 Å². The van der Waals surface area contributed by atoms with Crippen LogP contribution in [0.1, 0.15) is 50.8 Å². The maximum atomic E-state index is 12.9. The van der Waals surface area contributed by atoms with Crippen LogP contribution in [0.5, 0.6) is 0 Å². The largest absolute Gasteiger partial charge is 0.323 e. The van der Waals surface area contributed by atoms with Crippen LogP contribution in [0.2, 0.25) is 0 Å². The van der Waals surface area contributed by atoms with Gasteiger partial charge in [0.2, 0.25) is 0 Å². The summed E-state index contributed by atoms with van der Waals surface area (Å²) in [7, 11) is 0. The molecule has 0 radical (unpaired) electrons. The second-order valence-corrected chi connectivity index (χ2v) is 7.31. The second kappa shape index (κ2) is 8.21. The third-order valence-electron chi connectivity index (χ3n) is 5.09. The summed E-state index contributed by atoms with van der Waals surface area (Å²) in [6, 6.07) is 16.3. The fourth-order valence-corrected chi connectivity index (χ4v) is 3.58.